The van der Waals surface area contributed by atoms with E-state index in [9.17, 15) is 17.2 Å². The summed E-state index contributed by atoms with van der Waals surface area (Å²) >= 11 is 0. The summed E-state index contributed by atoms with van der Waals surface area (Å²) in [4.78, 5) is -0.701. The molecule has 0 aromatic heterocycles. The van der Waals surface area contributed by atoms with Gasteiger partial charge in [0.2, 0.25) is 10.0 Å². The molecule has 0 aliphatic rings. The second kappa shape index (κ2) is 7.50. The maximum atomic E-state index is 13.9. The molecule has 0 aliphatic carbocycles. The number of hydrogen-bond acceptors (Lipinski definition) is 3. The minimum Gasteiger partial charge on any atom is -0.384 e. The van der Waals surface area contributed by atoms with Crippen LogP contribution in [0.25, 0.3) is 0 Å². The Morgan fingerprint density at radius 3 is 2.62 bits per heavy atom. The molecule has 0 saturated carbocycles. The Hall–Kier alpha value is -1.49. The first-order chi connectivity index (χ1) is 9.81. The van der Waals surface area contributed by atoms with Gasteiger partial charge >= 0.3 is 0 Å². The lowest BCUT2D eigenvalue weighted by molar-refractivity contribution is 0.350. The molecule has 116 valence electrons. The number of nitrogens with one attached hydrogen (secondary N) is 1. The third-order valence-electron chi connectivity index (χ3n) is 2.66. The normalized spacial score (nSPS) is 12.6. The molecule has 0 saturated heterocycles. The van der Waals surface area contributed by atoms with E-state index >= 15 is 0 Å². The van der Waals surface area contributed by atoms with Gasteiger partial charge in [-0.1, -0.05) is 25.2 Å². The van der Waals surface area contributed by atoms with Crippen LogP contribution in [0, 0.1) is 23.5 Å². The molecular weight excluding hydrogens is 300 g/mol. The van der Waals surface area contributed by atoms with Crippen LogP contribution in [-0.2, 0) is 10.0 Å². The predicted octanol–water partition coefficient (Wildman–Crippen LogP) is 1.78. The largest absolute Gasteiger partial charge is 0.384 e. The molecule has 0 radical (unpaired) electrons. The molecule has 1 unspecified atom stereocenters. The summed E-state index contributed by atoms with van der Waals surface area (Å²) in [5, 5.41) is 8.65. The van der Waals surface area contributed by atoms with Crippen LogP contribution < -0.4 is 4.72 Å². The molecular formula is C14H17F2NO3S. The zero-order valence-corrected chi connectivity index (χ0v) is 12.6. The Balaban J connectivity index is 3.33. The standard InChI is InChI=1S/C14H17F2NO3S/c1-3-5-10(2)17-21(19,20)14-11(6-4-7-18)8-12(15)9-13(14)16/h8-10,17-18H,3,5,7H2,1-2H3. The Kier molecular flexibility index (Phi) is 6.27. The minimum absolute atomic E-state index is 0.322. The summed E-state index contributed by atoms with van der Waals surface area (Å²) in [6, 6.07) is 0.927. The van der Waals surface area contributed by atoms with Gasteiger partial charge in [0, 0.05) is 12.1 Å². The maximum absolute atomic E-state index is 13.9. The highest BCUT2D eigenvalue weighted by molar-refractivity contribution is 7.89. The number of halogens is 2. The van der Waals surface area contributed by atoms with Crippen molar-refractivity contribution in [3.63, 3.8) is 0 Å². The zero-order valence-electron chi connectivity index (χ0n) is 11.8. The Labute approximate surface area is 123 Å². The molecule has 1 rings (SSSR count). The summed E-state index contributed by atoms with van der Waals surface area (Å²) in [5.41, 5.74) is -0.322. The second-order valence-electron chi connectivity index (χ2n) is 4.54. The first-order valence-corrected chi connectivity index (χ1v) is 7.91. The van der Waals surface area contributed by atoms with E-state index in [0.717, 1.165) is 12.5 Å². The van der Waals surface area contributed by atoms with E-state index in [1.807, 2.05) is 6.92 Å². The maximum Gasteiger partial charge on any atom is 0.244 e. The SMILES string of the molecule is CCCC(C)NS(=O)(=O)c1c(F)cc(F)cc1C#CCO. The summed E-state index contributed by atoms with van der Waals surface area (Å²) < 4.78 is 53.9. The highest BCUT2D eigenvalue weighted by atomic mass is 32.2. The quantitative estimate of drug-likeness (QED) is 0.814. The molecule has 0 bridgehead atoms. The molecule has 2 N–H and O–H groups in total. The second-order valence-corrected chi connectivity index (χ2v) is 6.19. The minimum atomic E-state index is -4.17. The van der Waals surface area contributed by atoms with Crippen LogP contribution in [0.1, 0.15) is 32.3 Å². The van der Waals surface area contributed by atoms with E-state index in [4.69, 9.17) is 5.11 Å². The van der Waals surface area contributed by atoms with Crippen LogP contribution >= 0.6 is 0 Å². The highest BCUT2D eigenvalue weighted by Crippen LogP contribution is 2.21. The van der Waals surface area contributed by atoms with Crippen LogP contribution in [0.3, 0.4) is 0 Å². The van der Waals surface area contributed by atoms with Crippen LogP contribution in [0.2, 0.25) is 0 Å². The van der Waals surface area contributed by atoms with Gasteiger partial charge in [0.15, 0.2) is 0 Å². The molecule has 0 fully saturated rings. The van der Waals surface area contributed by atoms with Crippen LogP contribution in [0.5, 0.6) is 0 Å². The number of sulfonamides is 1. The van der Waals surface area contributed by atoms with Crippen LogP contribution in [0.15, 0.2) is 17.0 Å². The number of hydrogen-bond donors (Lipinski definition) is 2. The van der Waals surface area contributed by atoms with Gasteiger partial charge in [-0.15, -0.1) is 0 Å². The molecule has 21 heavy (non-hydrogen) atoms. The lowest BCUT2D eigenvalue weighted by Gasteiger charge is -2.15. The first kappa shape index (κ1) is 17.6. The average Bonchev–Trinajstić information content (AvgIpc) is 2.34. The monoisotopic (exact) mass is 317 g/mol. The molecule has 1 atom stereocenters. The molecule has 0 spiro atoms. The molecule has 4 nitrogen and oxygen atoms in total. The van der Waals surface area contributed by atoms with Crippen molar-refractivity contribution in [1.82, 2.24) is 4.72 Å². The Morgan fingerprint density at radius 2 is 2.05 bits per heavy atom. The van der Waals surface area contributed by atoms with Gasteiger partial charge in [-0.2, -0.15) is 0 Å². The van der Waals surface area contributed by atoms with Crippen molar-refractivity contribution in [2.75, 3.05) is 6.61 Å². The Bertz CT molecular complexity index is 663. The number of aliphatic hydroxyl groups excluding tert-OH is 1. The van der Waals surface area contributed by atoms with Crippen LogP contribution in [-0.4, -0.2) is 26.2 Å². The summed E-state index contributed by atoms with van der Waals surface area (Å²) in [6.45, 7) is 3.00. The van der Waals surface area contributed by atoms with Crippen molar-refractivity contribution in [1.29, 1.82) is 0 Å². The van der Waals surface area contributed by atoms with Gasteiger partial charge in [0.25, 0.3) is 0 Å². The fourth-order valence-corrected chi connectivity index (χ4v) is 3.36. The average molecular weight is 317 g/mol. The lowest BCUT2D eigenvalue weighted by Crippen LogP contribution is -2.33. The molecule has 1 aromatic carbocycles. The van der Waals surface area contributed by atoms with E-state index < -0.39 is 33.2 Å². The summed E-state index contributed by atoms with van der Waals surface area (Å²) in [6.07, 6.45) is 1.34. The van der Waals surface area contributed by atoms with Crippen molar-refractivity contribution in [2.24, 2.45) is 0 Å². The first-order valence-electron chi connectivity index (χ1n) is 6.43. The number of rotatable bonds is 5. The fourth-order valence-electron chi connectivity index (χ4n) is 1.88. The highest BCUT2D eigenvalue weighted by Gasteiger charge is 2.25. The van der Waals surface area contributed by atoms with E-state index in [1.165, 1.54) is 0 Å². The van der Waals surface area contributed by atoms with Crippen molar-refractivity contribution in [3.05, 3.63) is 29.3 Å². The van der Waals surface area contributed by atoms with Crippen molar-refractivity contribution in [2.45, 2.75) is 37.6 Å². The van der Waals surface area contributed by atoms with Crippen molar-refractivity contribution >= 4 is 10.0 Å². The van der Waals surface area contributed by atoms with Gasteiger partial charge in [-0.25, -0.2) is 21.9 Å². The number of benzene rings is 1. The van der Waals surface area contributed by atoms with Gasteiger partial charge in [0.1, 0.15) is 23.1 Å². The third kappa shape index (κ3) is 4.77. The predicted molar refractivity (Wildman–Crippen MR) is 75.0 cm³/mol. The number of aliphatic hydroxyl groups is 1. The van der Waals surface area contributed by atoms with Gasteiger partial charge in [-0.05, 0) is 19.4 Å². The van der Waals surface area contributed by atoms with E-state index in [2.05, 4.69) is 16.6 Å². The smallest absolute Gasteiger partial charge is 0.244 e. The van der Waals surface area contributed by atoms with E-state index in [0.29, 0.717) is 12.5 Å². The Morgan fingerprint density at radius 1 is 1.38 bits per heavy atom. The fraction of sp³-hybridized carbons (Fsp3) is 0.429. The molecule has 7 heteroatoms. The zero-order chi connectivity index (χ0) is 16.0. The molecule has 1 aromatic rings. The van der Waals surface area contributed by atoms with Crippen molar-refractivity contribution < 1.29 is 22.3 Å². The van der Waals surface area contributed by atoms with Gasteiger partial charge < -0.3 is 5.11 Å². The molecule has 0 amide bonds. The van der Waals surface area contributed by atoms with E-state index in [1.54, 1.807) is 6.92 Å². The summed E-state index contributed by atoms with van der Waals surface area (Å²) in [7, 11) is -4.17. The van der Waals surface area contributed by atoms with Gasteiger partial charge in [0.05, 0.1) is 5.56 Å². The molecule has 0 heterocycles. The van der Waals surface area contributed by atoms with Crippen LogP contribution in [0.4, 0.5) is 8.78 Å². The third-order valence-corrected chi connectivity index (χ3v) is 4.32. The lowest BCUT2D eigenvalue weighted by atomic mass is 10.2. The van der Waals surface area contributed by atoms with Crippen molar-refractivity contribution in [3.8, 4) is 11.8 Å². The van der Waals surface area contributed by atoms with E-state index in [-0.39, 0.29) is 11.6 Å². The van der Waals surface area contributed by atoms with Gasteiger partial charge in [-0.3, -0.25) is 0 Å². The topological polar surface area (TPSA) is 66.4 Å². The molecule has 0 aliphatic heterocycles. The summed E-state index contributed by atoms with van der Waals surface area (Å²) in [5.74, 6) is 2.30.